The number of ether oxygens (including phenoxy) is 1. The summed E-state index contributed by atoms with van der Waals surface area (Å²) in [5.74, 6) is -1.27. The average Bonchev–Trinajstić information content (AvgIpc) is 2.18. The second-order valence-electron chi connectivity index (χ2n) is 2.86. The zero-order valence-corrected chi connectivity index (χ0v) is 8.19. The van der Waals surface area contributed by atoms with E-state index >= 15 is 0 Å². The van der Waals surface area contributed by atoms with Crippen LogP contribution in [-0.2, 0) is 9.53 Å². The number of amides is 1. The summed E-state index contributed by atoms with van der Waals surface area (Å²) in [5.41, 5.74) is 0.724. The van der Waals surface area contributed by atoms with Gasteiger partial charge in [0.05, 0.1) is 5.56 Å². The fraction of sp³-hybridized carbons (Fsp3) is 0.200. The molecule has 15 heavy (non-hydrogen) atoms. The van der Waals surface area contributed by atoms with Crippen molar-refractivity contribution in [2.45, 2.75) is 0 Å². The SMILES string of the molecule is COCC(=O)Nc1ccc(C(=O)O)cc1. The predicted octanol–water partition coefficient (Wildman–Crippen LogP) is 0.970. The maximum absolute atomic E-state index is 11.1. The molecule has 0 aliphatic heterocycles. The molecule has 5 nitrogen and oxygen atoms in total. The first-order valence-electron chi connectivity index (χ1n) is 4.25. The van der Waals surface area contributed by atoms with Gasteiger partial charge in [0.1, 0.15) is 6.61 Å². The van der Waals surface area contributed by atoms with Gasteiger partial charge >= 0.3 is 5.97 Å². The zero-order chi connectivity index (χ0) is 11.3. The summed E-state index contributed by atoms with van der Waals surface area (Å²) in [7, 11) is 1.42. The molecule has 1 aromatic carbocycles. The van der Waals surface area contributed by atoms with E-state index in [4.69, 9.17) is 5.11 Å². The third-order valence-corrected chi connectivity index (χ3v) is 1.69. The second-order valence-corrected chi connectivity index (χ2v) is 2.86. The minimum absolute atomic E-state index is 0.0271. The minimum Gasteiger partial charge on any atom is -0.478 e. The Morgan fingerprint density at radius 2 is 1.93 bits per heavy atom. The van der Waals surface area contributed by atoms with Crippen LogP contribution in [0.5, 0.6) is 0 Å². The maximum atomic E-state index is 11.1. The lowest BCUT2D eigenvalue weighted by Crippen LogP contribution is -2.17. The molecule has 0 bridgehead atoms. The van der Waals surface area contributed by atoms with Crippen LogP contribution in [0.15, 0.2) is 24.3 Å². The highest BCUT2D eigenvalue weighted by atomic mass is 16.5. The van der Waals surface area contributed by atoms with Gasteiger partial charge in [-0.2, -0.15) is 0 Å². The van der Waals surface area contributed by atoms with Crippen molar-refractivity contribution in [2.24, 2.45) is 0 Å². The average molecular weight is 209 g/mol. The van der Waals surface area contributed by atoms with Crippen LogP contribution in [0.3, 0.4) is 0 Å². The Hall–Kier alpha value is -1.88. The molecule has 0 heterocycles. The van der Waals surface area contributed by atoms with E-state index in [-0.39, 0.29) is 18.1 Å². The highest BCUT2D eigenvalue weighted by Crippen LogP contribution is 2.09. The van der Waals surface area contributed by atoms with Gasteiger partial charge < -0.3 is 15.2 Å². The minimum atomic E-state index is -0.996. The molecule has 0 fully saturated rings. The summed E-state index contributed by atoms with van der Waals surface area (Å²) in [4.78, 5) is 21.6. The highest BCUT2D eigenvalue weighted by Gasteiger charge is 2.03. The standard InChI is InChI=1S/C10H11NO4/c1-15-6-9(12)11-8-4-2-7(3-5-8)10(13)14/h2-5H,6H2,1H3,(H,11,12)(H,13,14). The number of methoxy groups -OCH3 is 1. The molecular weight excluding hydrogens is 198 g/mol. The molecule has 0 saturated heterocycles. The number of hydrogen-bond acceptors (Lipinski definition) is 3. The Labute approximate surface area is 86.7 Å². The van der Waals surface area contributed by atoms with Crippen molar-refractivity contribution < 1.29 is 19.4 Å². The van der Waals surface area contributed by atoms with Crippen LogP contribution in [-0.4, -0.2) is 30.7 Å². The number of aromatic carboxylic acids is 1. The number of carbonyl (C=O) groups is 2. The highest BCUT2D eigenvalue weighted by molar-refractivity contribution is 5.93. The van der Waals surface area contributed by atoms with Crippen LogP contribution in [0.25, 0.3) is 0 Å². The lowest BCUT2D eigenvalue weighted by atomic mass is 10.2. The van der Waals surface area contributed by atoms with Crippen LogP contribution < -0.4 is 5.32 Å². The number of carboxylic acid groups (broad SMARTS) is 1. The van der Waals surface area contributed by atoms with E-state index in [2.05, 4.69) is 10.1 Å². The van der Waals surface area contributed by atoms with Gasteiger partial charge in [0.2, 0.25) is 5.91 Å². The van der Waals surface area contributed by atoms with Gasteiger partial charge in [0.15, 0.2) is 0 Å². The van der Waals surface area contributed by atoms with Crippen molar-refractivity contribution in [1.29, 1.82) is 0 Å². The topological polar surface area (TPSA) is 75.6 Å². The Balaban J connectivity index is 2.64. The van der Waals surface area contributed by atoms with E-state index in [9.17, 15) is 9.59 Å². The third-order valence-electron chi connectivity index (χ3n) is 1.69. The molecule has 0 unspecified atom stereocenters. The third kappa shape index (κ3) is 3.40. The Morgan fingerprint density at radius 1 is 1.33 bits per heavy atom. The lowest BCUT2D eigenvalue weighted by Gasteiger charge is -2.04. The zero-order valence-electron chi connectivity index (χ0n) is 8.19. The van der Waals surface area contributed by atoms with Crippen LogP contribution in [0.2, 0.25) is 0 Å². The summed E-state index contributed by atoms with van der Waals surface area (Å²) in [6, 6.07) is 5.89. The number of nitrogens with one attached hydrogen (secondary N) is 1. The molecule has 0 aliphatic carbocycles. The molecule has 2 N–H and O–H groups in total. The van der Waals surface area contributed by atoms with E-state index in [0.717, 1.165) is 0 Å². The molecule has 80 valence electrons. The summed E-state index contributed by atoms with van der Waals surface area (Å²) >= 11 is 0. The molecule has 1 rings (SSSR count). The number of hydrogen-bond donors (Lipinski definition) is 2. The number of benzene rings is 1. The van der Waals surface area contributed by atoms with Gasteiger partial charge in [-0.15, -0.1) is 0 Å². The Bertz CT molecular complexity index is 358. The summed E-state index contributed by atoms with van der Waals surface area (Å²) < 4.78 is 4.63. The smallest absolute Gasteiger partial charge is 0.335 e. The van der Waals surface area contributed by atoms with Crippen molar-refractivity contribution in [2.75, 3.05) is 19.0 Å². The number of carboxylic acids is 1. The predicted molar refractivity (Wildman–Crippen MR) is 53.9 cm³/mol. The van der Waals surface area contributed by atoms with Gasteiger partial charge in [0, 0.05) is 12.8 Å². The van der Waals surface area contributed by atoms with Crippen molar-refractivity contribution >= 4 is 17.6 Å². The van der Waals surface area contributed by atoms with Crippen molar-refractivity contribution in [3.8, 4) is 0 Å². The first kappa shape index (κ1) is 11.2. The first-order chi connectivity index (χ1) is 7.13. The van der Waals surface area contributed by atoms with Gasteiger partial charge in [-0.1, -0.05) is 0 Å². The molecule has 0 saturated carbocycles. The molecule has 0 aromatic heterocycles. The van der Waals surface area contributed by atoms with E-state index < -0.39 is 5.97 Å². The van der Waals surface area contributed by atoms with Crippen molar-refractivity contribution in [3.05, 3.63) is 29.8 Å². The molecule has 5 heteroatoms. The Kier molecular flexibility index (Phi) is 3.82. The van der Waals surface area contributed by atoms with Crippen LogP contribution >= 0.6 is 0 Å². The number of carbonyl (C=O) groups excluding carboxylic acids is 1. The second kappa shape index (κ2) is 5.11. The summed E-state index contributed by atoms with van der Waals surface area (Å²) in [6.45, 7) is -0.0271. The molecule has 1 aromatic rings. The molecular formula is C10H11NO4. The number of rotatable bonds is 4. The van der Waals surface area contributed by atoms with Gasteiger partial charge in [-0.05, 0) is 24.3 Å². The van der Waals surface area contributed by atoms with Gasteiger partial charge in [-0.25, -0.2) is 4.79 Å². The van der Waals surface area contributed by atoms with E-state index in [1.54, 1.807) is 0 Å². The Morgan fingerprint density at radius 3 is 2.40 bits per heavy atom. The van der Waals surface area contributed by atoms with Gasteiger partial charge in [-0.3, -0.25) is 4.79 Å². The molecule has 0 atom stereocenters. The summed E-state index contributed by atoms with van der Waals surface area (Å²) in [6.07, 6.45) is 0. The fourth-order valence-electron chi connectivity index (χ4n) is 1.02. The maximum Gasteiger partial charge on any atom is 0.335 e. The van der Waals surface area contributed by atoms with Crippen LogP contribution in [0.4, 0.5) is 5.69 Å². The van der Waals surface area contributed by atoms with Crippen molar-refractivity contribution in [3.63, 3.8) is 0 Å². The van der Waals surface area contributed by atoms with Crippen molar-refractivity contribution in [1.82, 2.24) is 0 Å². The molecule has 0 aliphatic rings. The van der Waals surface area contributed by atoms with E-state index in [1.165, 1.54) is 31.4 Å². The normalized spacial score (nSPS) is 9.67. The quantitative estimate of drug-likeness (QED) is 0.774. The van der Waals surface area contributed by atoms with Crippen LogP contribution in [0.1, 0.15) is 10.4 Å². The van der Waals surface area contributed by atoms with E-state index in [0.29, 0.717) is 5.69 Å². The van der Waals surface area contributed by atoms with E-state index in [1.807, 2.05) is 0 Å². The molecule has 1 amide bonds. The van der Waals surface area contributed by atoms with Gasteiger partial charge in [0.25, 0.3) is 0 Å². The largest absolute Gasteiger partial charge is 0.478 e. The fourth-order valence-corrected chi connectivity index (χ4v) is 1.02. The number of anilines is 1. The first-order valence-corrected chi connectivity index (χ1v) is 4.25. The van der Waals surface area contributed by atoms with Crippen LogP contribution in [0, 0.1) is 0 Å². The monoisotopic (exact) mass is 209 g/mol. The lowest BCUT2D eigenvalue weighted by molar-refractivity contribution is -0.119. The summed E-state index contributed by atoms with van der Waals surface area (Å²) in [5, 5.41) is 11.2. The molecule has 0 radical (unpaired) electrons. The molecule has 0 spiro atoms.